The molecule has 1 aromatic heterocycles. The third-order valence-electron chi connectivity index (χ3n) is 10.5. The SMILES string of the molecule is CC(N=C(/C=C(\N)c1ccc2ccccc2c1)c1ccc2ccccc2c1)c1ccc(-c2ccc(-c3cc(-c4ccccc4)nc(-c4ccccc4)n3)cc2)cc1. The maximum absolute atomic E-state index is 6.82. The molecule has 2 N–H and O–H groups in total. The molecule has 0 bridgehead atoms. The summed E-state index contributed by atoms with van der Waals surface area (Å²) in [5.74, 6) is 0.707. The van der Waals surface area contributed by atoms with E-state index in [2.05, 4.69) is 171 Å². The molecule has 0 aliphatic heterocycles. The lowest BCUT2D eigenvalue weighted by Crippen LogP contribution is -2.06. The van der Waals surface area contributed by atoms with Crippen LogP contribution in [-0.2, 0) is 0 Å². The van der Waals surface area contributed by atoms with Crippen LogP contribution < -0.4 is 5.73 Å². The summed E-state index contributed by atoms with van der Waals surface area (Å²) in [6.45, 7) is 2.14. The van der Waals surface area contributed by atoms with E-state index in [-0.39, 0.29) is 6.04 Å². The Labute approximate surface area is 333 Å². The quantitative estimate of drug-likeness (QED) is 0.150. The second-order valence-corrected chi connectivity index (χ2v) is 14.3. The van der Waals surface area contributed by atoms with Crippen LogP contribution in [0.15, 0.2) is 211 Å². The summed E-state index contributed by atoms with van der Waals surface area (Å²) < 4.78 is 0. The number of hydrogen-bond donors (Lipinski definition) is 1. The topological polar surface area (TPSA) is 64.2 Å². The molecule has 1 unspecified atom stereocenters. The Morgan fingerprint density at radius 2 is 0.912 bits per heavy atom. The molecule has 57 heavy (non-hydrogen) atoms. The van der Waals surface area contributed by atoms with Crippen molar-refractivity contribution in [3.05, 3.63) is 223 Å². The average molecular weight is 733 g/mol. The summed E-state index contributed by atoms with van der Waals surface area (Å²) in [5.41, 5.74) is 18.6. The Morgan fingerprint density at radius 1 is 0.456 bits per heavy atom. The Kier molecular flexibility index (Phi) is 9.74. The van der Waals surface area contributed by atoms with E-state index in [4.69, 9.17) is 20.7 Å². The molecule has 0 aliphatic carbocycles. The Balaban J connectivity index is 1.01. The molecule has 4 heteroatoms. The molecule has 9 aromatic rings. The molecular weight excluding hydrogens is 693 g/mol. The molecule has 1 heterocycles. The molecule has 0 amide bonds. The van der Waals surface area contributed by atoms with E-state index in [1.807, 2.05) is 42.5 Å². The Bertz CT molecular complexity index is 2840. The van der Waals surface area contributed by atoms with Gasteiger partial charge in [0.05, 0.1) is 23.1 Å². The number of hydrogen-bond acceptors (Lipinski definition) is 4. The fourth-order valence-corrected chi connectivity index (χ4v) is 7.28. The Hall–Kier alpha value is -7.43. The van der Waals surface area contributed by atoms with Crippen molar-refractivity contribution in [1.29, 1.82) is 0 Å². The number of nitrogens with zero attached hydrogens (tertiary/aromatic N) is 3. The molecule has 0 aliphatic rings. The molecule has 0 radical (unpaired) electrons. The maximum Gasteiger partial charge on any atom is 0.160 e. The van der Waals surface area contributed by atoms with Gasteiger partial charge in [0.2, 0.25) is 0 Å². The van der Waals surface area contributed by atoms with Crippen LogP contribution in [0.4, 0.5) is 0 Å². The summed E-state index contributed by atoms with van der Waals surface area (Å²) in [7, 11) is 0. The van der Waals surface area contributed by atoms with Crippen LogP contribution in [0, 0.1) is 0 Å². The highest BCUT2D eigenvalue weighted by Gasteiger charge is 2.13. The Morgan fingerprint density at radius 3 is 1.51 bits per heavy atom. The molecular formula is C53H40N4. The zero-order chi connectivity index (χ0) is 38.6. The molecule has 0 fully saturated rings. The lowest BCUT2D eigenvalue weighted by molar-refractivity contribution is 0.822. The van der Waals surface area contributed by atoms with Crippen LogP contribution in [0.25, 0.3) is 72.3 Å². The minimum atomic E-state index is -0.112. The van der Waals surface area contributed by atoms with Gasteiger partial charge in [-0.2, -0.15) is 0 Å². The van der Waals surface area contributed by atoms with Crippen molar-refractivity contribution < 1.29 is 0 Å². The number of nitrogens with two attached hydrogens (primary N) is 1. The molecule has 0 spiro atoms. The third kappa shape index (κ3) is 7.75. The van der Waals surface area contributed by atoms with E-state index >= 15 is 0 Å². The van der Waals surface area contributed by atoms with Gasteiger partial charge in [-0.15, -0.1) is 0 Å². The summed E-state index contributed by atoms with van der Waals surface area (Å²) in [6.07, 6.45) is 2.02. The lowest BCUT2D eigenvalue weighted by Gasteiger charge is -2.13. The highest BCUT2D eigenvalue weighted by atomic mass is 14.9. The highest BCUT2D eigenvalue weighted by molar-refractivity contribution is 6.13. The molecule has 8 aromatic carbocycles. The first kappa shape index (κ1) is 35.3. The van der Waals surface area contributed by atoms with Gasteiger partial charge in [-0.1, -0.05) is 182 Å². The van der Waals surface area contributed by atoms with Crippen molar-refractivity contribution in [3.8, 4) is 45.0 Å². The first-order valence-corrected chi connectivity index (χ1v) is 19.3. The van der Waals surface area contributed by atoms with Crippen LogP contribution in [0.1, 0.15) is 29.7 Å². The first-order chi connectivity index (χ1) is 28.0. The van der Waals surface area contributed by atoms with Gasteiger partial charge in [-0.05, 0) is 75.0 Å². The van der Waals surface area contributed by atoms with E-state index in [9.17, 15) is 0 Å². The van der Waals surface area contributed by atoms with E-state index in [1.54, 1.807) is 0 Å². The minimum Gasteiger partial charge on any atom is -0.398 e. The standard InChI is InChI=1S/C53H40N4/c1-36(55-50(48-31-27-39-13-9-11-19-46(39)33-48)34-49(54)47-30-26-38-12-8-10-18-45(38)32-47)37-20-22-40(23-21-37)41-24-28-43(29-25-41)52-35-51(42-14-4-2-5-15-42)56-53(57-52)44-16-6-3-7-17-44/h2-36H,54H2,1H3/b49-34-,55-50?. The van der Waals surface area contributed by atoms with Crippen LogP contribution in [0.3, 0.4) is 0 Å². The van der Waals surface area contributed by atoms with Crippen LogP contribution >= 0.6 is 0 Å². The summed E-state index contributed by atoms with van der Waals surface area (Å²) in [4.78, 5) is 15.3. The summed E-state index contributed by atoms with van der Waals surface area (Å²) in [5, 5.41) is 4.69. The molecule has 1 atom stereocenters. The smallest absolute Gasteiger partial charge is 0.160 e. The van der Waals surface area contributed by atoms with Crippen LogP contribution in [-0.4, -0.2) is 15.7 Å². The van der Waals surface area contributed by atoms with Crippen molar-refractivity contribution in [2.24, 2.45) is 10.7 Å². The number of rotatable bonds is 9. The number of fused-ring (bicyclic) bond motifs is 2. The summed E-state index contributed by atoms with van der Waals surface area (Å²) >= 11 is 0. The predicted octanol–water partition coefficient (Wildman–Crippen LogP) is 13.0. The maximum atomic E-state index is 6.82. The number of benzene rings is 8. The van der Waals surface area contributed by atoms with Crippen molar-refractivity contribution in [1.82, 2.24) is 9.97 Å². The number of aliphatic imine (C=N–C) groups is 1. The average Bonchev–Trinajstić information content (AvgIpc) is 3.29. The fourth-order valence-electron chi connectivity index (χ4n) is 7.28. The minimum absolute atomic E-state index is 0.112. The van der Waals surface area contributed by atoms with Crippen molar-refractivity contribution in [2.75, 3.05) is 0 Å². The third-order valence-corrected chi connectivity index (χ3v) is 10.5. The normalized spacial score (nSPS) is 12.5. The van der Waals surface area contributed by atoms with E-state index in [0.717, 1.165) is 72.4 Å². The molecule has 4 nitrogen and oxygen atoms in total. The van der Waals surface area contributed by atoms with Gasteiger partial charge in [-0.25, -0.2) is 9.97 Å². The summed E-state index contributed by atoms with van der Waals surface area (Å²) in [6, 6.07) is 69.3. The van der Waals surface area contributed by atoms with Crippen LogP contribution in [0.2, 0.25) is 0 Å². The van der Waals surface area contributed by atoms with Crippen LogP contribution in [0.5, 0.6) is 0 Å². The predicted molar refractivity (Wildman–Crippen MR) is 239 cm³/mol. The van der Waals surface area contributed by atoms with Crippen molar-refractivity contribution >= 4 is 33.0 Å². The zero-order valence-corrected chi connectivity index (χ0v) is 31.6. The monoisotopic (exact) mass is 732 g/mol. The van der Waals surface area contributed by atoms with Gasteiger partial charge in [0.15, 0.2) is 5.82 Å². The van der Waals surface area contributed by atoms with Crippen molar-refractivity contribution in [2.45, 2.75) is 13.0 Å². The molecule has 0 saturated carbocycles. The van der Waals surface area contributed by atoms with Gasteiger partial charge in [0.1, 0.15) is 0 Å². The second kappa shape index (κ2) is 15.7. The zero-order valence-electron chi connectivity index (χ0n) is 31.6. The fraction of sp³-hybridized carbons (Fsp3) is 0.0377. The van der Waals surface area contributed by atoms with Gasteiger partial charge in [0.25, 0.3) is 0 Å². The molecule has 9 rings (SSSR count). The van der Waals surface area contributed by atoms with E-state index in [1.165, 1.54) is 10.8 Å². The van der Waals surface area contributed by atoms with E-state index < -0.39 is 0 Å². The first-order valence-electron chi connectivity index (χ1n) is 19.3. The number of aromatic nitrogens is 2. The molecule has 272 valence electrons. The van der Waals surface area contributed by atoms with Gasteiger partial charge in [0, 0.05) is 28.0 Å². The van der Waals surface area contributed by atoms with Gasteiger partial charge >= 0.3 is 0 Å². The van der Waals surface area contributed by atoms with E-state index in [0.29, 0.717) is 11.5 Å². The number of allylic oxidation sites excluding steroid dienone is 1. The lowest BCUT2D eigenvalue weighted by atomic mass is 9.98. The van der Waals surface area contributed by atoms with Gasteiger partial charge < -0.3 is 5.73 Å². The van der Waals surface area contributed by atoms with Crippen molar-refractivity contribution in [3.63, 3.8) is 0 Å². The molecule has 0 saturated heterocycles. The highest BCUT2D eigenvalue weighted by Crippen LogP contribution is 2.31. The van der Waals surface area contributed by atoms with Gasteiger partial charge in [-0.3, -0.25) is 4.99 Å². The second-order valence-electron chi connectivity index (χ2n) is 14.3. The largest absolute Gasteiger partial charge is 0.398 e.